The van der Waals surface area contributed by atoms with E-state index < -0.39 is 6.09 Å². The van der Waals surface area contributed by atoms with Crippen molar-refractivity contribution < 1.29 is 14.3 Å². The second-order valence-corrected chi connectivity index (χ2v) is 5.97. The number of hydrogen-bond acceptors (Lipinski definition) is 4. The molecule has 0 aliphatic rings. The average Bonchev–Trinajstić information content (AvgIpc) is 3.03. The van der Waals surface area contributed by atoms with Gasteiger partial charge in [0.15, 0.2) is 0 Å². The lowest BCUT2D eigenvalue weighted by molar-refractivity contribution is -0.122. The number of benzene rings is 1. The van der Waals surface area contributed by atoms with Crippen molar-refractivity contribution in [3.63, 3.8) is 0 Å². The largest absolute Gasteiger partial charge is 0.450 e. The zero-order chi connectivity index (χ0) is 18.2. The number of para-hydroxylation sites is 2. The van der Waals surface area contributed by atoms with E-state index in [2.05, 4.69) is 34.4 Å². The van der Waals surface area contributed by atoms with E-state index in [1.54, 1.807) is 6.92 Å². The van der Waals surface area contributed by atoms with Gasteiger partial charge in [0.25, 0.3) is 0 Å². The van der Waals surface area contributed by atoms with Crippen LogP contribution in [0.15, 0.2) is 24.3 Å². The first-order valence-electron chi connectivity index (χ1n) is 8.69. The quantitative estimate of drug-likeness (QED) is 0.685. The van der Waals surface area contributed by atoms with Crippen LogP contribution >= 0.6 is 0 Å². The third kappa shape index (κ3) is 5.20. The Morgan fingerprint density at radius 3 is 2.72 bits per heavy atom. The summed E-state index contributed by atoms with van der Waals surface area (Å²) in [6.07, 6.45) is 0.584. The first-order chi connectivity index (χ1) is 12.0. The summed E-state index contributed by atoms with van der Waals surface area (Å²) in [5, 5.41) is 5.57. The number of nitrogens with zero attached hydrogens (tertiary/aromatic N) is 1. The minimum absolute atomic E-state index is 0.137. The van der Waals surface area contributed by atoms with Gasteiger partial charge in [-0.05, 0) is 25.0 Å². The number of hydrogen-bond donors (Lipinski definition) is 3. The number of alkyl carbamates (subject to hydrolysis) is 1. The number of amides is 2. The van der Waals surface area contributed by atoms with Crippen molar-refractivity contribution in [3.8, 4) is 0 Å². The third-order valence-electron chi connectivity index (χ3n) is 4.13. The highest BCUT2D eigenvalue weighted by atomic mass is 16.5. The summed E-state index contributed by atoms with van der Waals surface area (Å²) >= 11 is 0. The van der Waals surface area contributed by atoms with Crippen LogP contribution in [0, 0.1) is 5.92 Å². The molecule has 136 valence electrons. The van der Waals surface area contributed by atoms with Crippen LogP contribution in [0.3, 0.4) is 0 Å². The molecule has 2 rings (SSSR count). The molecule has 0 spiro atoms. The van der Waals surface area contributed by atoms with Gasteiger partial charge in [0.2, 0.25) is 5.91 Å². The first-order valence-corrected chi connectivity index (χ1v) is 8.69. The normalized spacial score (nSPS) is 13.2. The van der Waals surface area contributed by atoms with Crippen molar-refractivity contribution in [2.24, 2.45) is 5.92 Å². The number of rotatable bonds is 8. The molecule has 2 aromatic rings. The fourth-order valence-electron chi connectivity index (χ4n) is 2.54. The molecule has 0 saturated carbocycles. The molecular formula is C18H26N4O3. The summed E-state index contributed by atoms with van der Waals surface area (Å²) in [7, 11) is 0. The standard InChI is InChI=1S/C18H26N4O3/c1-4-12(3)16(17-20-13-8-6-7-9-14(13)21-17)22-15(23)10-11-19-18(24)25-5-2/h6-9,12,16H,4-5,10-11H2,1-3H3,(H,19,24)(H,20,21)(H,22,23)/t12-,16-/m1/s1. The smallest absolute Gasteiger partial charge is 0.407 e. The Balaban J connectivity index is 2.00. The van der Waals surface area contributed by atoms with E-state index in [1.807, 2.05) is 24.3 Å². The van der Waals surface area contributed by atoms with Crippen molar-refractivity contribution in [3.05, 3.63) is 30.1 Å². The van der Waals surface area contributed by atoms with E-state index in [1.165, 1.54) is 0 Å². The van der Waals surface area contributed by atoms with Gasteiger partial charge >= 0.3 is 6.09 Å². The summed E-state index contributed by atoms with van der Waals surface area (Å²) in [6, 6.07) is 7.58. The van der Waals surface area contributed by atoms with E-state index in [-0.39, 0.29) is 30.8 Å². The number of imidazole rings is 1. The number of H-pyrrole nitrogens is 1. The van der Waals surface area contributed by atoms with Crippen LogP contribution in [-0.4, -0.2) is 35.1 Å². The van der Waals surface area contributed by atoms with Crippen LogP contribution in [0.25, 0.3) is 11.0 Å². The molecule has 7 heteroatoms. The molecule has 1 heterocycles. The minimum atomic E-state index is -0.508. The number of nitrogens with one attached hydrogen (secondary N) is 3. The molecule has 0 saturated heterocycles. The van der Waals surface area contributed by atoms with Crippen molar-refractivity contribution in [2.75, 3.05) is 13.2 Å². The zero-order valence-electron chi connectivity index (χ0n) is 15.0. The second kappa shape index (κ2) is 9.05. The lowest BCUT2D eigenvalue weighted by Gasteiger charge is -2.22. The van der Waals surface area contributed by atoms with Gasteiger partial charge in [0, 0.05) is 13.0 Å². The van der Waals surface area contributed by atoms with E-state index in [4.69, 9.17) is 4.74 Å². The van der Waals surface area contributed by atoms with Crippen molar-refractivity contribution in [1.29, 1.82) is 0 Å². The number of aromatic amines is 1. The van der Waals surface area contributed by atoms with Crippen molar-refractivity contribution >= 4 is 23.0 Å². The SMILES string of the molecule is CCOC(=O)NCCC(=O)N[C@@H](c1nc2ccccc2[nH]1)[C@H](C)CC. The Kier molecular flexibility index (Phi) is 6.80. The molecule has 0 aliphatic carbocycles. The van der Waals surface area contributed by atoms with Gasteiger partial charge < -0.3 is 20.4 Å². The molecule has 0 radical (unpaired) electrons. The molecule has 0 unspecified atom stereocenters. The van der Waals surface area contributed by atoms with Crippen LogP contribution in [0.5, 0.6) is 0 Å². The zero-order valence-corrected chi connectivity index (χ0v) is 15.0. The minimum Gasteiger partial charge on any atom is -0.450 e. The van der Waals surface area contributed by atoms with Crippen molar-refractivity contribution in [2.45, 2.75) is 39.7 Å². The monoisotopic (exact) mass is 346 g/mol. The highest BCUT2D eigenvalue weighted by Gasteiger charge is 2.23. The van der Waals surface area contributed by atoms with Crippen LogP contribution in [0.2, 0.25) is 0 Å². The maximum Gasteiger partial charge on any atom is 0.407 e. The predicted molar refractivity (Wildman–Crippen MR) is 96.1 cm³/mol. The van der Waals surface area contributed by atoms with Crippen LogP contribution in [0.1, 0.15) is 45.5 Å². The fraction of sp³-hybridized carbons (Fsp3) is 0.500. The maximum absolute atomic E-state index is 12.3. The van der Waals surface area contributed by atoms with E-state index >= 15 is 0 Å². The first kappa shape index (κ1) is 18.8. The molecule has 0 fully saturated rings. The number of carbonyl (C=O) groups is 2. The highest BCUT2D eigenvalue weighted by Crippen LogP contribution is 2.24. The van der Waals surface area contributed by atoms with Gasteiger partial charge in [0.1, 0.15) is 5.82 Å². The van der Waals surface area contributed by atoms with Crippen LogP contribution in [0.4, 0.5) is 4.79 Å². The second-order valence-electron chi connectivity index (χ2n) is 5.97. The highest BCUT2D eigenvalue weighted by molar-refractivity contribution is 5.78. The summed E-state index contributed by atoms with van der Waals surface area (Å²) < 4.78 is 4.77. The van der Waals surface area contributed by atoms with Gasteiger partial charge in [-0.25, -0.2) is 9.78 Å². The number of ether oxygens (including phenoxy) is 1. The summed E-state index contributed by atoms with van der Waals surface area (Å²) in [5.74, 6) is 0.840. The summed E-state index contributed by atoms with van der Waals surface area (Å²) in [4.78, 5) is 31.4. The van der Waals surface area contributed by atoms with Crippen LogP contribution in [-0.2, 0) is 9.53 Å². The van der Waals surface area contributed by atoms with Crippen molar-refractivity contribution in [1.82, 2.24) is 20.6 Å². The summed E-state index contributed by atoms with van der Waals surface area (Å²) in [6.45, 7) is 6.43. The number of fused-ring (bicyclic) bond motifs is 1. The number of carbonyl (C=O) groups excluding carboxylic acids is 2. The molecule has 7 nitrogen and oxygen atoms in total. The Morgan fingerprint density at radius 1 is 1.28 bits per heavy atom. The molecule has 1 aromatic carbocycles. The van der Waals surface area contributed by atoms with Gasteiger partial charge in [-0.1, -0.05) is 32.4 Å². The molecular weight excluding hydrogens is 320 g/mol. The molecule has 2 amide bonds. The Hall–Kier alpha value is -2.57. The average molecular weight is 346 g/mol. The lowest BCUT2D eigenvalue weighted by atomic mass is 9.98. The lowest BCUT2D eigenvalue weighted by Crippen LogP contribution is -2.36. The van der Waals surface area contributed by atoms with E-state index in [0.29, 0.717) is 6.61 Å². The molecule has 2 atom stereocenters. The maximum atomic E-state index is 12.3. The Bertz CT molecular complexity index is 680. The third-order valence-corrected chi connectivity index (χ3v) is 4.13. The number of aromatic nitrogens is 2. The predicted octanol–water partition coefficient (Wildman–Crippen LogP) is 2.90. The van der Waals surface area contributed by atoms with Gasteiger partial charge in [-0.15, -0.1) is 0 Å². The van der Waals surface area contributed by atoms with E-state index in [9.17, 15) is 9.59 Å². The van der Waals surface area contributed by atoms with Gasteiger partial charge in [-0.2, -0.15) is 0 Å². The molecule has 0 bridgehead atoms. The topological polar surface area (TPSA) is 96.1 Å². The molecule has 0 aliphatic heterocycles. The van der Waals surface area contributed by atoms with E-state index in [0.717, 1.165) is 23.3 Å². The van der Waals surface area contributed by atoms with Gasteiger partial charge in [0.05, 0.1) is 23.7 Å². The van der Waals surface area contributed by atoms with Crippen LogP contribution < -0.4 is 10.6 Å². The molecule has 3 N–H and O–H groups in total. The Labute approximate surface area is 147 Å². The molecule has 1 aromatic heterocycles. The Morgan fingerprint density at radius 2 is 2.04 bits per heavy atom. The fourth-order valence-corrected chi connectivity index (χ4v) is 2.54. The van der Waals surface area contributed by atoms with Gasteiger partial charge in [-0.3, -0.25) is 4.79 Å². The molecule has 25 heavy (non-hydrogen) atoms. The summed E-state index contributed by atoms with van der Waals surface area (Å²) in [5.41, 5.74) is 1.83.